The first-order valence-corrected chi connectivity index (χ1v) is 13.6. The SMILES string of the molecule is CCOc1cc(/C=C2\C(=O)NC(=O)N(c3ccc(C(=O)OC)cc3)C2=O)cc(I)c1OCc1ccc(Cl)c(Cl)c1. The van der Waals surface area contributed by atoms with Crippen molar-refractivity contribution in [2.24, 2.45) is 0 Å². The second-order valence-electron chi connectivity index (χ2n) is 8.30. The molecule has 1 aliphatic rings. The van der Waals surface area contributed by atoms with E-state index >= 15 is 0 Å². The lowest BCUT2D eigenvalue weighted by atomic mass is 10.1. The Labute approximate surface area is 253 Å². The Morgan fingerprint density at radius 3 is 2.38 bits per heavy atom. The number of nitrogens with zero attached hydrogens (tertiary/aromatic N) is 1. The van der Waals surface area contributed by atoms with Crippen LogP contribution in [-0.2, 0) is 20.9 Å². The maximum absolute atomic E-state index is 13.3. The van der Waals surface area contributed by atoms with Crippen LogP contribution in [0.3, 0.4) is 0 Å². The molecule has 1 heterocycles. The number of nitrogens with one attached hydrogen (secondary N) is 1. The summed E-state index contributed by atoms with van der Waals surface area (Å²) in [5, 5.41) is 3.03. The molecule has 3 aromatic carbocycles. The highest BCUT2D eigenvalue weighted by atomic mass is 127. The number of carbonyl (C=O) groups excluding carboxylic acids is 4. The van der Waals surface area contributed by atoms with Crippen LogP contribution in [0, 0.1) is 3.57 Å². The highest BCUT2D eigenvalue weighted by Gasteiger charge is 2.37. The lowest BCUT2D eigenvalue weighted by Crippen LogP contribution is -2.54. The van der Waals surface area contributed by atoms with Crippen LogP contribution >= 0.6 is 45.8 Å². The van der Waals surface area contributed by atoms with Gasteiger partial charge >= 0.3 is 12.0 Å². The van der Waals surface area contributed by atoms with E-state index in [1.165, 1.54) is 37.5 Å². The van der Waals surface area contributed by atoms with Gasteiger partial charge in [0, 0.05) is 0 Å². The maximum Gasteiger partial charge on any atom is 0.337 e. The van der Waals surface area contributed by atoms with Gasteiger partial charge in [-0.05, 0) is 95.2 Å². The zero-order chi connectivity index (χ0) is 29.0. The first-order valence-electron chi connectivity index (χ1n) is 11.8. The molecule has 0 aliphatic carbocycles. The van der Waals surface area contributed by atoms with E-state index in [2.05, 4.69) is 32.6 Å². The third-order valence-electron chi connectivity index (χ3n) is 5.66. The van der Waals surface area contributed by atoms with E-state index in [4.69, 9.17) is 32.7 Å². The molecule has 12 heteroatoms. The molecule has 0 bridgehead atoms. The van der Waals surface area contributed by atoms with Gasteiger partial charge in [0.25, 0.3) is 11.8 Å². The van der Waals surface area contributed by atoms with Crippen molar-refractivity contribution in [3.05, 3.63) is 90.5 Å². The number of carbonyl (C=O) groups is 4. The topological polar surface area (TPSA) is 111 Å². The van der Waals surface area contributed by atoms with Crippen LogP contribution in [-0.4, -0.2) is 37.5 Å². The van der Waals surface area contributed by atoms with Gasteiger partial charge in [0.2, 0.25) is 0 Å². The van der Waals surface area contributed by atoms with Gasteiger partial charge in [-0.3, -0.25) is 14.9 Å². The minimum atomic E-state index is -0.909. The lowest BCUT2D eigenvalue weighted by molar-refractivity contribution is -0.122. The van der Waals surface area contributed by atoms with E-state index in [-0.39, 0.29) is 23.4 Å². The van der Waals surface area contributed by atoms with Crippen molar-refractivity contribution in [2.45, 2.75) is 13.5 Å². The largest absolute Gasteiger partial charge is 0.490 e. The molecule has 1 aliphatic heterocycles. The molecule has 3 aromatic rings. The quantitative estimate of drug-likeness (QED) is 0.133. The molecule has 40 heavy (non-hydrogen) atoms. The van der Waals surface area contributed by atoms with Crippen molar-refractivity contribution in [2.75, 3.05) is 18.6 Å². The molecule has 1 saturated heterocycles. The van der Waals surface area contributed by atoms with Crippen molar-refractivity contribution in [3.8, 4) is 11.5 Å². The van der Waals surface area contributed by atoms with Gasteiger partial charge in [0.05, 0.1) is 38.6 Å². The van der Waals surface area contributed by atoms with Gasteiger partial charge in [-0.25, -0.2) is 14.5 Å². The first-order chi connectivity index (χ1) is 19.1. The monoisotopic (exact) mass is 694 g/mol. The molecule has 9 nitrogen and oxygen atoms in total. The smallest absolute Gasteiger partial charge is 0.337 e. The summed E-state index contributed by atoms with van der Waals surface area (Å²) in [6, 6.07) is 13.3. The number of urea groups is 1. The second kappa shape index (κ2) is 12.7. The fourth-order valence-electron chi connectivity index (χ4n) is 3.78. The minimum absolute atomic E-state index is 0.171. The average molecular weight is 695 g/mol. The van der Waals surface area contributed by atoms with E-state index < -0.39 is 23.8 Å². The van der Waals surface area contributed by atoms with E-state index in [1.54, 1.807) is 30.3 Å². The van der Waals surface area contributed by atoms with Crippen molar-refractivity contribution < 1.29 is 33.4 Å². The van der Waals surface area contributed by atoms with Gasteiger partial charge in [0.15, 0.2) is 11.5 Å². The molecule has 4 amide bonds. The molecule has 0 saturated carbocycles. The Bertz CT molecular complexity index is 1540. The fourth-order valence-corrected chi connectivity index (χ4v) is 4.88. The highest BCUT2D eigenvalue weighted by molar-refractivity contribution is 14.1. The van der Waals surface area contributed by atoms with Crippen LogP contribution in [0.25, 0.3) is 6.08 Å². The molecule has 1 fully saturated rings. The molecule has 0 radical (unpaired) electrons. The van der Waals surface area contributed by atoms with Crippen molar-refractivity contribution in [3.63, 3.8) is 0 Å². The lowest BCUT2D eigenvalue weighted by Gasteiger charge is -2.26. The highest BCUT2D eigenvalue weighted by Crippen LogP contribution is 2.36. The first kappa shape index (κ1) is 29.4. The van der Waals surface area contributed by atoms with E-state index in [0.29, 0.717) is 37.3 Å². The Morgan fingerprint density at radius 2 is 1.73 bits per heavy atom. The van der Waals surface area contributed by atoms with Crippen molar-refractivity contribution in [1.29, 1.82) is 0 Å². The minimum Gasteiger partial charge on any atom is -0.490 e. The number of barbiturate groups is 1. The number of esters is 1. The van der Waals surface area contributed by atoms with Crippen molar-refractivity contribution >= 4 is 81.4 Å². The van der Waals surface area contributed by atoms with Crippen LogP contribution < -0.4 is 19.7 Å². The van der Waals surface area contributed by atoms with Crippen LogP contribution in [0.5, 0.6) is 11.5 Å². The van der Waals surface area contributed by atoms with Crippen LogP contribution in [0.15, 0.2) is 60.2 Å². The Balaban J connectivity index is 1.63. The number of halogens is 3. The Hall–Kier alpha value is -3.61. The van der Waals surface area contributed by atoms with Crippen LogP contribution in [0.1, 0.15) is 28.4 Å². The third-order valence-corrected chi connectivity index (χ3v) is 7.20. The van der Waals surface area contributed by atoms with Gasteiger partial charge in [-0.2, -0.15) is 0 Å². The maximum atomic E-state index is 13.3. The molecule has 0 aromatic heterocycles. The zero-order valence-corrected chi connectivity index (χ0v) is 24.8. The number of hydrogen-bond donors (Lipinski definition) is 1. The van der Waals surface area contributed by atoms with Gasteiger partial charge in [0.1, 0.15) is 12.2 Å². The molecule has 0 atom stereocenters. The molecule has 0 unspecified atom stereocenters. The summed E-state index contributed by atoms with van der Waals surface area (Å²) in [6.07, 6.45) is 1.37. The molecular weight excluding hydrogens is 674 g/mol. The van der Waals surface area contributed by atoms with Gasteiger partial charge in [-0.15, -0.1) is 0 Å². The number of ether oxygens (including phenoxy) is 3. The average Bonchev–Trinajstić information content (AvgIpc) is 2.92. The summed E-state index contributed by atoms with van der Waals surface area (Å²) in [5.74, 6) is -1.37. The van der Waals surface area contributed by atoms with E-state index in [9.17, 15) is 19.2 Å². The number of hydrogen-bond acceptors (Lipinski definition) is 7. The fraction of sp³-hybridized carbons (Fsp3) is 0.143. The molecular formula is C28H21Cl2IN2O7. The number of anilines is 1. The molecule has 1 N–H and O–H groups in total. The summed E-state index contributed by atoms with van der Waals surface area (Å²) in [7, 11) is 1.24. The van der Waals surface area contributed by atoms with Crippen LogP contribution in [0.2, 0.25) is 10.0 Å². The molecule has 0 spiro atoms. The Kier molecular flexibility index (Phi) is 9.33. The summed E-state index contributed by atoms with van der Waals surface area (Å²) in [5.41, 5.74) is 1.42. The predicted octanol–water partition coefficient (Wildman–Crippen LogP) is 6.03. The normalized spacial score (nSPS) is 14.3. The summed E-state index contributed by atoms with van der Waals surface area (Å²) < 4.78 is 17.1. The third kappa shape index (κ3) is 6.40. The van der Waals surface area contributed by atoms with Gasteiger partial charge in [-0.1, -0.05) is 29.3 Å². The number of benzene rings is 3. The number of amides is 4. The predicted molar refractivity (Wildman–Crippen MR) is 158 cm³/mol. The van der Waals surface area contributed by atoms with Crippen molar-refractivity contribution in [1.82, 2.24) is 5.32 Å². The molecule has 4 rings (SSSR count). The van der Waals surface area contributed by atoms with Crippen LogP contribution in [0.4, 0.5) is 10.5 Å². The van der Waals surface area contributed by atoms with E-state index in [1.807, 2.05) is 6.92 Å². The standard InChI is InChI=1S/C28H21Cl2IN2O7/c1-3-39-23-13-16(12-22(31)24(23)40-14-15-4-9-20(29)21(30)11-15)10-19-25(34)32-28(37)33(26(19)35)18-7-5-17(6-8-18)27(36)38-2/h4-13H,3,14H2,1-2H3,(H,32,34,37)/b19-10+. The van der Waals surface area contributed by atoms with Gasteiger partial charge < -0.3 is 14.2 Å². The molecule has 206 valence electrons. The van der Waals surface area contributed by atoms with E-state index in [0.717, 1.165) is 10.5 Å². The number of imide groups is 2. The zero-order valence-electron chi connectivity index (χ0n) is 21.1. The summed E-state index contributed by atoms with van der Waals surface area (Å²) in [4.78, 5) is 51.1. The Morgan fingerprint density at radius 1 is 1.00 bits per heavy atom. The number of methoxy groups -OCH3 is 1. The number of rotatable bonds is 8. The summed E-state index contributed by atoms with van der Waals surface area (Å²) in [6.45, 7) is 2.34. The summed E-state index contributed by atoms with van der Waals surface area (Å²) >= 11 is 14.2. The second-order valence-corrected chi connectivity index (χ2v) is 10.3.